The number of carboxylic acid groups (broad SMARTS) is 1. The van der Waals surface area contributed by atoms with Crippen molar-refractivity contribution in [3.8, 4) is 0 Å². The molecule has 0 radical (unpaired) electrons. The number of anilines is 2. The largest absolute Gasteiger partial charge is 0.478 e. The van der Waals surface area contributed by atoms with Gasteiger partial charge in [-0.25, -0.2) is 4.79 Å². The van der Waals surface area contributed by atoms with Crippen LogP contribution < -0.4 is 5.32 Å². The van der Waals surface area contributed by atoms with E-state index in [0.29, 0.717) is 11.3 Å². The van der Waals surface area contributed by atoms with Gasteiger partial charge in [-0.15, -0.1) is 0 Å². The van der Waals surface area contributed by atoms with E-state index < -0.39 is 10.9 Å². The zero-order valence-corrected chi connectivity index (χ0v) is 13.1. The molecule has 21 heavy (non-hydrogen) atoms. The number of nitro benzene ring substituents is 1. The van der Waals surface area contributed by atoms with Crippen LogP contribution in [0.2, 0.25) is 0 Å². The molecule has 0 saturated carbocycles. The first kappa shape index (κ1) is 15.2. The highest BCUT2D eigenvalue weighted by molar-refractivity contribution is 14.1. The zero-order valence-electron chi connectivity index (χ0n) is 11.0. The third-order valence-corrected chi connectivity index (χ3v) is 3.91. The van der Waals surface area contributed by atoms with Crippen molar-refractivity contribution in [2.45, 2.75) is 6.92 Å². The highest BCUT2D eigenvalue weighted by Gasteiger charge is 2.19. The minimum atomic E-state index is -1.20. The highest BCUT2D eigenvalue weighted by Crippen LogP contribution is 2.31. The Morgan fingerprint density at radius 2 is 1.95 bits per heavy atom. The Morgan fingerprint density at radius 1 is 1.29 bits per heavy atom. The zero-order chi connectivity index (χ0) is 15.6. The Bertz CT molecular complexity index is 731. The Balaban J connectivity index is 2.55. The van der Waals surface area contributed by atoms with Crippen LogP contribution >= 0.6 is 22.6 Å². The quantitative estimate of drug-likeness (QED) is 0.462. The maximum Gasteiger partial charge on any atom is 0.336 e. The molecular weight excluding hydrogens is 387 g/mol. The van der Waals surface area contributed by atoms with Crippen molar-refractivity contribution < 1.29 is 14.8 Å². The Hall–Kier alpha value is -2.16. The number of rotatable bonds is 4. The number of hydrogen-bond acceptors (Lipinski definition) is 4. The average molecular weight is 398 g/mol. The Labute approximate surface area is 134 Å². The van der Waals surface area contributed by atoms with Crippen LogP contribution in [0, 0.1) is 20.6 Å². The van der Waals surface area contributed by atoms with Gasteiger partial charge >= 0.3 is 5.97 Å². The van der Waals surface area contributed by atoms with E-state index in [0.717, 1.165) is 15.3 Å². The number of hydrogen-bond donors (Lipinski definition) is 2. The summed E-state index contributed by atoms with van der Waals surface area (Å²) in [5.74, 6) is -1.20. The molecule has 7 heteroatoms. The first-order chi connectivity index (χ1) is 9.90. The molecule has 0 unspecified atom stereocenters. The molecule has 0 fully saturated rings. The number of benzene rings is 2. The Kier molecular flexibility index (Phi) is 4.41. The molecule has 0 heterocycles. The van der Waals surface area contributed by atoms with Gasteiger partial charge < -0.3 is 10.4 Å². The van der Waals surface area contributed by atoms with Crippen LogP contribution in [0.15, 0.2) is 36.4 Å². The summed E-state index contributed by atoms with van der Waals surface area (Å²) >= 11 is 2.13. The van der Waals surface area contributed by atoms with Crippen LogP contribution in [0.25, 0.3) is 0 Å². The fourth-order valence-corrected chi connectivity index (χ4v) is 2.37. The van der Waals surface area contributed by atoms with Crippen LogP contribution in [-0.2, 0) is 0 Å². The normalized spacial score (nSPS) is 10.2. The van der Waals surface area contributed by atoms with Gasteiger partial charge in [-0.1, -0.05) is 12.1 Å². The summed E-state index contributed by atoms with van der Waals surface area (Å²) < 4.78 is 0.929. The SMILES string of the molecule is Cc1c(Nc2ccccc2I)cc(C(=O)O)cc1[N+](=O)[O-]. The van der Waals surface area contributed by atoms with Gasteiger partial charge in [-0.3, -0.25) is 10.1 Å². The van der Waals surface area contributed by atoms with Crippen LogP contribution in [0.4, 0.5) is 17.1 Å². The van der Waals surface area contributed by atoms with Crippen LogP contribution in [0.3, 0.4) is 0 Å². The third-order valence-electron chi connectivity index (χ3n) is 2.97. The molecule has 108 valence electrons. The van der Waals surface area contributed by atoms with E-state index in [9.17, 15) is 14.9 Å². The standard InChI is InChI=1S/C14H11IN2O4/c1-8-12(16-11-5-3-2-4-10(11)15)6-9(14(18)19)7-13(8)17(20)21/h2-7,16H,1H3,(H,18,19). The van der Waals surface area contributed by atoms with Crippen molar-refractivity contribution >= 4 is 45.6 Å². The average Bonchev–Trinajstić information content (AvgIpc) is 2.42. The lowest BCUT2D eigenvalue weighted by Gasteiger charge is -2.12. The van der Waals surface area contributed by atoms with Crippen molar-refractivity contribution in [3.63, 3.8) is 0 Å². The number of nitrogens with zero attached hydrogens (tertiary/aromatic N) is 1. The molecule has 0 aromatic heterocycles. The fourth-order valence-electron chi connectivity index (χ4n) is 1.85. The molecule has 0 amide bonds. The molecule has 2 N–H and O–H groups in total. The molecule has 2 aromatic carbocycles. The molecule has 0 spiro atoms. The second-order valence-corrected chi connectivity index (χ2v) is 5.50. The summed E-state index contributed by atoms with van der Waals surface area (Å²) in [5.41, 5.74) is 1.22. The molecule has 2 aromatic rings. The van der Waals surface area contributed by atoms with E-state index >= 15 is 0 Å². The monoisotopic (exact) mass is 398 g/mol. The lowest BCUT2D eigenvalue weighted by Crippen LogP contribution is -2.04. The number of aromatic carboxylic acids is 1. The van der Waals surface area contributed by atoms with Gasteiger partial charge in [0.05, 0.1) is 21.7 Å². The van der Waals surface area contributed by atoms with Crippen molar-refractivity contribution in [1.82, 2.24) is 0 Å². The van der Waals surface area contributed by atoms with Crippen LogP contribution in [-0.4, -0.2) is 16.0 Å². The lowest BCUT2D eigenvalue weighted by atomic mass is 10.1. The first-order valence-corrected chi connectivity index (χ1v) is 7.02. The van der Waals surface area contributed by atoms with Gasteiger partial charge in [0, 0.05) is 15.3 Å². The van der Waals surface area contributed by atoms with Gasteiger partial charge in [0.15, 0.2) is 0 Å². The predicted octanol–water partition coefficient (Wildman–Crippen LogP) is 3.95. The third kappa shape index (κ3) is 3.30. The van der Waals surface area contributed by atoms with Gasteiger partial charge in [0.25, 0.3) is 5.69 Å². The fraction of sp³-hybridized carbons (Fsp3) is 0.0714. The number of halogens is 1. The minimum absolute atomic E-state index is 0.124. The summed E-state index contributed by atoms with van der Waals surface area (Å²) in [4.78, 5) is 21.6. The molecule has 0 atom stereocenters. The molecule has 0 aliphatic carbocycles. The van der Waals surface area contributed by atoms with E-state index in [1.165, 1.54) is 6.07 Å². The number of para-hydroxylation sites is 1. The second kappa shape index (κ2) is 6.08. The van der Waals surface area contributed by atoms with E-state index in [-0.39, 0.29) is 11.3 Å². The van der Waals surface area contributed by atoms with Gasteiger partial charge in [0.2, 0.25) is 0 Å². The van der Waals surface area contributed by atoms with Crippen LogP contribution in [0.1, 0.15) is 15.9 Å². The minimum Gasteiger partial charge on any atom is -0.478 e. The Morgan fingerprint density at radius 3 is 2.52 bits per heavy atom. The topological polar surface area (TPSA) is 92.5 Å². The maximum atomic E-state index is 11.1. The van der Waals surface area contributed by atoms with E-state index in [1.807, 2.05) is 24.3 Å². The molecule has 2 rings (SSSR count). The van der Waals surface area contributed by atoms with Crippen molar-refractivity contribution in [1.29, 1.82) is 0 Å². The highest BCUT2D eigenvalue weighted by atomic mass is 127. The summed E-state index contributed by atoms with van der Waals surface area (Å²) in [6.45, 7) is 1.59. The van der Waals surface area contributed by atoms with E-state index in [4.69, 9.17) is 5.11 Å². The van der Waals surface area contributed by atoms with Crippen LogP contribution in [0.5, 0.6) is 0 Å². The number of nitrogens with one attached hydrogen (secondary N) is 1. The second-order valence-electron chi connectivity index (χ2n) is 4.34. The number of nitro groups is 1. The van der Waals surface area contributed by atoms with E-state index in [2.05, 4.69) is 27.9 Å². The van der Waals surface area contributed by atoms with Gasteiger partial charge in [0.1, 0.15) is 0 Å². The van der Waals surface area contributed by atoms with Crippen molar-refractivity contribution in [2.24, 2.45) is 0 Å². The summed E-state index contributed by atoms with van der Waals surface area (Å²) in [6.07, 6.45) is 0. The molecule has 0 saturated heterocycles. The smallest absolute Gasteiger partial charge is 0.336 e. The molecule has 6 nitrogen and oxygen atoms in total. The van der Waals surface area contributed by atoms with E-state index in [1.54, 1.807) is 6.92 Å². The molecule has 0 aliphatic rings. The first-order valence-electron chi connectivity index (χ1n) is 5.94. The molecule has 0 bridgehead atoms. The summed E-state index contributed by atoms with van der Waals surface area (Å²) in [6, 6.07) is 9.87. The molecule has 0 aliphatic heterocycles. The number of carbonyl (C=O) groups is 1. The predicted molar refractivity (Wildman–Crippen MR) is 87.2 cm³/mol. The summed E-state index contributed by atoms with van der Waals surface area (Å²) in [5, 5.41) is 23.2. The van der Waals surface area contributed by atoms with Gasteiger partial charge in [-0.2, -0.15) is 0 Å². The maximum absolute atomic E-state index is 11.1. The van der Waals surface area contributed by atoms with Crippen molar-refractivity contribution in [2.75, 3.05) is 5.32 Å². The number of carboxylic acids is 1. The molecular formula is C14H11IN2O4. The van der Waals surface area contributed by atoms with Crippen molar-refractivity contribution in [3.05, 3.63) is 61.2 Å². The van der Waals surface area contributed by atoms with Gasteiger partial charge in [-0.05, 0) is 47.7 Å². The lowest BCUT2D eigenvalue weighted by molar-refractivity contribution is -0.385. The summed E-state index contributed by atoms with van der Waals surface area (Å²) in [7, 11) is 0.